The van der Waals surface area contributed by atoms with Gasteiger partial charge in [-0.1, -0.05) is 84.5 Å². The summed E-state index contributed by atoms with van der Waals surface area (Å²) in [6.07, 6.45) is 24.0. The zero-order valence-electron chi connectivity index (χ0n) is 19.2. The normalized spacial score (nSPS) is 27.0. The highest BCUT2D eigenvalue weighted by molar-refractivity contribution is 5.03. The van der Waals surface area contributed by atoms with Crippen molar-refractivity contribution in [3.8, 4) is 6.07 Å². The Morgan fingerprint density at radius 3 is 1.93 bits per heavy atom. The fraction of sp³-hybridized carbons (Fsp3) is 0.962. The highest BCUT2D eigenvalue weighted by Crippen LogP contribution is 2.42. The first-order valence-electron chi connectivity index (χ1n) is 12.9. The number of nitrogens with zero attached hydrogens (tertiary/aromatic N) is 2. The lowest BCUT2D eigenvalue weighted by molar-refractivity contribution is 0.0754. The molecule has 1 saturated heterocycles. The Balaban J connectivity index is 1.62. The maximum Gasteiger partial charge on any atom is 0.0689 e. The molecule has 2 nitrogen and oxygen atoms in total. The van der Waals surface area contributed by atoms with E-state index in [0.29, 0.717) is 0 Å². The van der Waals surface area contributed by atoms with Crippen LogP contribution in [-0.2, 0) is 0 Å². The van der Waals surface area contributed by atoms with E-state index in [-0.39, 0.29) is 5.41 Å². The maximum absolute atomic E-state index is 9.85. The molecule has 1 heterocycles. The number of unbranched alkanes of at least 4 members (excludes halogenated alkanes) is 8. The van der Waals surface area contributed by atoms with Crippen LogP contribution in [0.2, 0.25) is 0 Å². The van der Waals surface area contributed by atoms with Crippen LogP contribution in [0.3, 0.4) is 0 Å². The molecular formula is C26H48N2. The van der Waals surface area contributed by atoms with Crippen molar-refractivity contribution < 1.29 is 0 Å². The first kappa shape index (κ1) is 23.7. The largest absolute Gasteiger partial charge is 0.300 e. The first-order valence-corrected chi connectivity index (χ1v) is 12.9. The van der Waals surface area contributed by atoms with Crippen molar-refractivity contribution in [2.24, 2.45) is 11.3 Å². The van der Waals surface area contributed by atoms with E-state index in [1.165, 1.54) is 109 Å². The summed E-state index contributed by atoms with van der Waals surface area (Å²) < 4.78 is 0. The number of hydrogen-bond acceptors (Lipinski definition) is 2. The van der Waals surface area contributed by atoms with E-state index in [9.17, 15) is 5.26 Å². The third kappa shape index (κ3) is 8.06. The molecule has 1 aliphatic carbocycles. The van der Waals surface area contributed by atoms with Crippen LogP contribution in [0.4, 0.5) is 0 Å². The molecule has 0 bridgehead atoms. The van der Waals surface area contributed by atoms with Crippen LogP contribution in [0.15, 0.2) is 0 Å². The van der Waals surface area contributed by atoms with E-state index >= 15 is 0 Å². The molecular weight excluding hydrogens is 340 g/mol. The number of rotatable bonds is 13. The van der Waals surface area contributed by atoms with Crippen LogP contribution in [0.1, 0.15) is 129 Å². The van der Waals surface area contributed by atoms with Crippen molar-refractivity contribution in [3.63, 3.8) is 0 Å². The van der Waals surface area contributed by atoms with E-state index in [0.717, 1.165) is 31.2 Å². The fourth-order valence-electron chi connectivity index (χ4n) is 5.65. The summed E-state index contributed by atoms with van der Waals surface area (Å²) in [6, 6.07) is 3.53. The highest BCUT2D eigenvalue weighted by Gasteiger charge is 2.37. The standard InChI is InChI=1S/C26H48N2/c1-3-5-7-9-11-13-24-16-21-28(22-17-24)25-14-19-26(23-27,20-15-25)18-12-10-8-6-4-2/h24-25H,3-22H2,1-2H3/t25-,26-. The summed E-state index contributed by atoms with van der Waals surface area (Å²) in [5.74, 6) is 0.989. The van der Waals surface area contributed by atoms with Gasteiger partial charge < -0.3 is 4.90 Å². The van der Waals surface area contributed by atoms with Gasteiger partial charge in [-0.3, -0.25) is 0 Å². The molecule has 2 rings (SSSR count). The van der Waals surface area contributed by atoms with Gasteiger partial charge in [0.1, 0.15) is 0 Å². The van der Waals surface area contributed by atoms with Gasteiger partial charge in [0.2, 0.25) is 0 Å². The monoisotopic (exact) mass is 388 g/mol. The molecule has 0 aromatic carbocycles. The lowest BCUT2D eigenvalue weighted by atomic mass is 9.70. The summed E-state index contributed by atoms with van der Waals surface area (Å²) >= 11 is 0. The second kappa shape index (κ2) is 13.6. The van der Waals surface area contributed by atoms with Crippen LogP contribution in [-0.4, -0.2) is 24.0 Å². The van der Waals surface area contributed by atoms with Gasteiger partial charge in [-0.15, -0.1) is 0 Å². The SMILES string of the molecule is CCCCCCCC1CCN([C@H]2CC[C@@](C#N)(CCCCCCC)CC2)CC1. The number of piperidine rings is 1. The van der Waals surface area contributed by atoms with Gasteiger partial charge in [-0.05, 0) is 64.0 Å². The van der Waals surface area contributed by atoms with E-state index in [4.69, 9.17) is 0 Å². The summed E-state index contributed by atoms with van der Waals surface area (Å²) in [4.78, 5) is 2.79. The average molecular weight is 389 g/mol. The summed E-state index contributed by atoms with van der Waals surface area (Å²) in [6.45, 7) is 7.21. The predicted molar refractivity (Wildman–Crippen MR) is 121 cm³/mol. The fourth-order valence-corrected chi connectivity index (χ4v) is 5.65. The van der Waals surface area contributed by atoms with Gasteiger partial charge in [-0.25, -0.2) is 0 Å². The van der Waals surface area contributed by atoms with Gasteiger partial charge in [0.05, 0.1) is 11.5 Å². The van der Waals surface area contributed by atoms with Crippen molar-refractivity contribution >= 4 is 0 Å². The molecule has 2 fully saturated rings. The smallest absolute Gasteiger partial charge is 0.0689 e. The molecule has 1 saturated carbocycles. The van der Waals surface area contributed by atoms with E-state index < -0.39 is 0 Å². The van der Waals surface area contributed by atoms with Crippen molar-refractivity contribution in [1.29, 1.82) is 5.26 Å². The lowest BCUT2D eigenvalue weighted by Crippen LogP contribution is -2.44. The molecule has 0 radical (unpaired) electrons. The molecule has 2 heteroatoms. The van der Waals surface area contributed by atoms with Crippen molar-refractivity contribution in [1.82, 2.24) is 4.90 Å². The van der Waals surface area contributed by atoms with E-state index in [1.54, 1.807) is 0 Å². The topological polar surface area (TPSA) is 27.0 Å². The summed E-state index contributed by atoms with van der Waals surface area (Å²) in [5.41, 5.74) is 0.0134. The number of likely N-dealkylation sites (tertiary alicyclic amines) is 1. The minimum Gasteiger partial charge on any atom is -0.300 e. The lowest BCUT2D eigenvalue weighted by Gasteiger charge is -2.43. The van der Waals surface area contributed by atoms with Gasteiger partial charge in [0, 0.05) is 6.04 Å². The minimum atomic E-state index is 0.0134. The molecule has 0 aromatic heterocycles. The molecule has 28 heavy (non-hydrogen) atoms. The zero-order chi connectivity index (χ0) is 20.1. The molecule has 0 amide bonds. The van der Waals surface area contributed by atoms with Gasteiger partial charge in [0.15, 0.2) is 0 Å². The molecule has 2 aliphatic rings. The first-order chi connectivity index (χ1) is 13.7. The Morgan fingerprint density at radius 2 is 1.36 bits per heavy atom. The Bertz CT molecular complexity index is 422. The highest BCUT2D eigenvalue weighted by atomic mass is 15.2. The van der Waals surface area contributed by atoms with Gasteiger partial charge >= 0.3 is 0 Å². The second-order valence-corrected chi connectivity index (χ2v) is 9.97. The zero-order valence-corrected chi connectivity index (χ0v) is 19.2. The van der Waals surface area contributed by atoms with Crippen LogP contribution < -0.4 is 0 Å². The van der Waals surface area contributed by atoms with Crippen LogP contribution >= 0.6 is 0 Å². The Labute approximate surface area is 176 Å². The predicted octanol–water partition coefficient (Wildman–Crippen LogP) is 7.87. The third-order valence-corrected chi connectivity index (χ3v) is 7.79. The molecule has 0 unspecified atom stereocenters. The second-order valence-electron chi connectivity index (χ2n) is 9.97. The van der Waals surface area contributed by atoms with Crippen molar-refractivity contribution in [2.45, 2.75) is 135 Å². The number of hydrogen-bond donors (Lipinski definition) is 0. The third-order valence-electron chi connectivity index (χ3n) is 7.79. The molecule has 162 valence electrons. The van der Waals surface area contributed by atoms with Crippen LogP contribution in [0.25, 0.3) is 0 Å². The Morgan fingerprint density at radius 1 is 0.786 bits per heavy atom. The average Bonchev–Trinajstić information content (AvgIpc) is 2.74. The maximum atomic E-state index is 9.85. The van der Waals surface area contributed by atoms with Gasteiger partial charge in [-0.2, -0.15) is 5.26 Å². The van der Waals surface area contributed by atoms with Gasteiger partial charge in [0.25, 0.3) is 0 Å². The quantitative estimate of drug-likeness (QED) is 0.300. The van der Waals surface area contributed by atoms with Crippen molar-refractivity contribution in [2.75, 3.05) is 13.1 Å². The minimum absolute atomic E-state index is 0.0134. The van der Waals surface area contributed by atoms with E-state index in [2.05, 4.69) is 24.8 Å². The summed E-state index contributed by atoms with van der Waals surface area (Å²) in [5, 5.41) is 9.85. The Kier molecular flexibility index (Phi) is 11.6. The van der Waals surface area contributed by atoms with Crippen molar-refractivity contribution in [3.05, 3.63) is 0 Å². The molecule has 0 aromatic rings. The Hall–Kier alpha value is -0.550. The van der Waals surface area contributed by atoms with Crippen LogP contribution in [0, 0.1) is 22.7 Å². The summed E-state index contributed by atoms with van der Waals surface area (Å²) in [7, 11) is 0. The molecule has 0 atom stereocenters. The molecule has 0 N–H and O–H groups in total. The van der Waals surface area contributed by atoms with E-state index in [1.807, 2.05) is 0 Å². The van der Waals surface area contributed by atoms with Crippen LogP contribution in [0.5, 0.6) is 0 Å². The molecule has 1 aliphatic heterocycles. The molecule has 0 spiro atoms. The number of nitriles is 1.